The van der Waals surface area contributed by atoms with Gasteiger partial charge >= 0.3 is 11.9 Å². The number of nitrogens with zero attached hydrogens (tertiary/aromatic N) is 1. The number of para-hydroxylation sites is 2. The second-order valence-electron chi connectivity index (χ2n) is 7.93. The third-order valence-corrected chi connectivity index (χ3v) is 5.96. The van der Waals surface area contributed by atoms with Gasteiger partial charge in [0.1, 0.15) is 16.5 Å². The van der Waals surface area contributed by atoms with Crippen LogP contribution in [0.15, 0.2) is 83.5 Å². The summed E-state index contributed by atoms with van der Waals surface area (Å²) in [5.41, 5.74) is 1.60. The van der Waals surface area contributed by atoms with Gasteiger partial charge in [-0.05, 0) is 61.4 Å². The molecule has 0 bridgehead atoms. The summed E-state index contributed by atoms with van der Waals surface area (Å²) in [5.74, 6) is -2.21. The standard InChI is InChI=1S/C28H23ClN2O6/c1-3-17-9-5-8-12-22(17)37-27(34)18-13-15-19(16-14-18)30-24-23(29)25(32)31(26(24)33)21-11-7-6-10-20(21)28(35)36-4-2/h5-16,30H,3-4H2,1-2H3. The molecule has 3 aromatic carbocycles. The maximum Gasteiger partial charge on any atom is 0.343 e. The zero-order valence-corrected chi connectivity index (χ0v) is 20.9. The fraction of sp³-hybridized carbons (Fsp3) is 0.143. The van der Waals surface area contributed by atoms with E-state index < -0.39 is 23.8 Å². The molecule has 0 aliphatic carbocycles. The van der Waals surface area contributed by atoms with Crippen molar-refractivity contribution in [3.05, 3.63) is 100 Å². The summed E-state index contributed by atoms with van der Waals surface area (Å²) < 4.78 is 10.6. The van der Waals surface area contributed by atoms with E-state index in [1.54, 1.807) is 43.3 Å². The van der Waals surface area contributed by atoms with E-state index >= 15 is 0 Å². The molecule has 0 saturated carbocycles. The number of carbonyl (C=O) groups excluding carboxylic acids is 4. The smallest absolute Gasteiger partial charge is 0.343 e. The number of amides is 2. The molecule has 0 unspecified atom stereocenters. The second-order valence-corrected chi connectivity index (χ2v) is 8.30. The SMILES string of the molecule is CCOC(=O)c1ccccc1N1C(=O)C(Cl)=C(Nc2ccc(C(=O)Oc3ccccc3CC)cc2)C1=O. The second kappa shape index (κ2) is 11.1. The third-order valence-electron chi connectivity index (χ3n) is 5.61. The largest absolute Gasteiger partial charge is 0.462 e. The molecule has 9 heteroatoms. The summed E-state index contributed by atoms with van der Waals surface area (Å²) in [6.45, 7) is 3.76. The molecule has 0 spiro atoms. The monoisotopic (exact) mass is 518 g/mol. The number of rotatable bonds is 8. The van der Waals surface area contributed by atoms with E-state index in [1.807, 2.05) is 19.1 Å². The van der Waals surface area contributed by atoms with Crippen molar-refractivity contribution >= 4 is 46.7 Å². The Morgan fingerprint density at radius 2 is 1.54 bits per heavy atom. The van der Waals surface area contributed by atoms with Gasteiger partial charge in [-0.25, -0.2) is 14.5 Å². The van der Waals surface area contributed by atoms with Gasteiger partial charge in [-0.2, -0.15) is 0 Å². The number of hydrogen-bond acceptors (Lipinski definition) is 7. The van der Waals surface area contributed by atoms with Crippen LogP contribution < -0.4 is 15.0 Å². The molecule has 8 nitrogen and oxygen atoms in total. The lowest BCUT2D eigenvalue weighted by Gasteiger charge is -2.18. The van der Waals surface area contributed by atoms with Crippen LogP contribution in [0.2, 0.25) is 0 Å². The Bertz CT molecular complexity index is 1410. The van der Waals surface area contributed by atoms with E-state index in [0.717, 1.165) is 16.9 Å². The highest BCUT2D eigenvalue weighted by atomic mass is 35.5. The van der Waals surface area contributed by atoms with E-state index in [4.69, 9.17) is 21.1 Å². The molecule has 1 aliphatic heterocycles. The van der Waals surface area contributed by atoms with Crippen LogP contribution in [0, 0.1) is 0 Å². The number of esters is 2. The molecular weight excluding hydrogens is 496 g/mol. The Kier molecular flexibility index (Phi) is 7.69. The summed E-state index contributed by atoms with van der Waals surface area (Å²) in [6.07, 6.45) is 0.718. The van der Waals surface area contributed by atoms with Gasteiger partial charge in [-0.3, -0.25) is 9.59 Å². The van der Waals surface area contributed by atoms with E-state index in [2.05, 4.69) is 5.32 Å². The molecule has 4 rings (SSSR count). The summed E-state index contributed by atoms with van der Waals surface area (Å²) in [5, 5.41) is 2.52. The molecule has 2 amide bonds. The molecule has 37 heavy (non-hydrogen) atoms. The van der Waals surface area contributed by atoms with E-state index in [-0.39, 0.29) is 28.6 Å². The topological polar surface area (TPSA) is 102 Å². The molecule has 3 aromatic rings. The van der Waals surface area contributed by atoms with E-state index in [0.29, 0.717) is 17.0 Å². The van der Waals surface area contributed by atoms with E-state index in [9.17, 15) is 19.2 Å². The summed E-state index contributed by atoms with van der Waals surface area (Å²) in [7, 11) is 0. The van der Waals surface area contributed by atoms with Crippen molar-refractivity contribution in [3.63, 3.8) is 0 Å². The van der Waals surface area contributed by atoms with Crippen molar-refractivity contribution in [3.8, 4) is 5.75 Å². The Balaban J connectivity index is 1.51. The van der Waals surface area contributed by atoms with Gasteiger partial charge in [-0.15, -0.1) is 0 Å². The third kappa shape index (κ3) is 5.24. The number of imide groups is 1. The minimum absolute atomic E-state index is 0.0595. The molecule has 1 aliphatic rings. The molecule has 188 valence electrons. The van der Waals surface area contributed by atoms with Gasteiger partial charge in [0.2, 0.25) is 0 Å². The highest BCUT2D eigenvalue weighted by molar-refractivity contribution is 6.53. The highest BCUT2D eigenvalue weighted by Crippen LogP contribution is 2.32. The van der Waals surface area contributed by atoms with Crippen molar-refractivity contribution in [1.29, 1.82) is 0 Å². The summed E-state index contributed by atoms with van der Waals surface area (Å²) in [6, 6.07) is 19.6. The first-order valence-electron chi connectivity index (χ1n) is 11.6. The highest BCUT2D eigenvalue weighted by Gasteiger charge is 2.40. The van der Waals surface area contributed by atoms with Crippen LogP contribution >= 0.6 is 11.6 Å². The zero-order chi connectivity index (χ0) is 26.5. The van der Waals surface area contributed by atoms with Crippen molar-refractivity contribution < 1.29 is 28.7 Å². The average Bonchev–Trinajstić information content (AvgIpc) is 3.12. The molecule has 1 N–H and O–H groups in total. The maximum absolute atomic E-state index is 13.2. The zero-order valence-electron chi connectivity index (χ0n) is 20.1. The summed E-state index contributed by atoms with van der Waals surface area (Å²) in [4.78, 5) is 51.8. The predicted molar refractivity (Wildman–Crippen MR) is 139 cm³/mol. The molecule has 0 atom stereocenters. The van der Waals surface area contributed by atoms with Crippen LogP contribution in [-0.4, -0.2) is 30.4 Å². The van der Waals surface area contributed by atoms with Crippen LogP contribution in [0.5, 0.6) is 5.75 Å². The van der Waals surface area contributed by atoms with Crippen LogP contribution in [0.4, 0.5) is 11.4 Å². The Labute approximate surface area is 218 Å². The quantitative estimate of drug-likeness (QED) is 0.252. The summed E-state index contributed by atoms with van der Waals surface area (Å²) >= 11 is 6.23. The van der Waals surface area contributed by atoms with Crippen molar-refractivity contribution in [1.82, 2.24) is 0 Å². The van der Waals surface area contributed by atoms with Gasteiger partial charge in [0.25, 0.3) is 11.8 Å². The molecule has 0 saturated heterocycles. The normalized spacial score (nSPS) is 13.1. The first-order valence-corrected chi connectivity index (χ1v) is 11.9. The van der Waals surface area contributed by atoms with Crippen molar-refractivity contribution in [2.75, 3.05) is 16.8 Å². The lowest BCUT2D eigenvalue weighted by Crippen LogP contribution is -2.33. The van der Waals surface area contributed by atoms with Gasteiger partial charge < -0.3 is 14.8 Å². The van der Waals surface area contributed by atoms with Gasteiger partial charge in [0.15, 0.2) is 0 Å². The molecule has 0 aromatic heterocycles. The first kappa shape index (κ1) is 25.7. The number of anilines is 2. The average molecular weight is 519 g/mol. The molecule has 0 radical (unpaired) electrons. The molecular formula is C28H23ClN2O6. The minimum Gasteiger partial charge on any atom is -0.462 e. The number of nitrogens with one attached hydrogen (secondary N) is 1. The van der Waals surface area contributed by atoms with Gasteiger partial charge in [-0.1, -0.05) is 48.9 Å². The predicted octanol–water partition coefficient (Wildman–Crippen LogP) is 5.08. The van der Waals surface area contributed by atoms with Crippen molar-refractivity contribution in [2.24, 2.45) is 0 Å². The first-order chi connectivity index (χ1) is 17.8. The number of benzene rings is 3. The number of hydrogen-bond donors (Lipinski definition) is 1. The Morgan fingerprint density at radius 3 is 2.24 bits per heavy atom. The lowest BCUT2D eigenvalue weighted by molar-refractivity contribution is -0.120. The van der Waals surface area contributed by atoms with Crippen LogP contribution in [0.25, 0.3) is 0 Å². The minimum atomic E-state index is -0.777. The number of carbonyl (C=O) groups is 4. The fourth-order valence-electron chi connectivity index (χ4n) is 3.77. The van der Waals surface area contributed by atoms with E-state index in [1.165, 1.54) is 24.3 Å². The number of ether oxygens (including phenoxy) is 2. The fourth-order valence-corrected chi connectivity index (χ4v) is 3.98. The lowest BCUT2D eigenvalue weighted by atomic mass is 10.1. The van der Waals surface area contributed by atoms with Crippen LogP contribution in [0.3, 0.4) is 0 Å². The Hall–Kier alpha value is -4.43. The number of halogens is 1. The van der Waals surface area contributed by atoms with Gasteiger partial charge in [0.05, 0.1) is 23.4 Å². The van der Waals surface area contributed by atoms with Crippen LogP contribution in [-0.2, 0) is 20.7 Å². The van der Waals surface area contributed by atoms with Crippen molar-refractivity contribution in [2.45, 2.75) is 20.3 Å². The maximum atomic E-state index is 13.2. The molecule has 1 heterocycles. The van der Waals surface area contributed by atoms with Crippen LogP contribution in [0.1, 0.15) is 40.1 Å². The van der Waals surface area contributed by atoms with Gasteiger partial charge in [0, 0.05) is 5.69 Å². The Morgan fingerprint density at radius 1 is 0.865 bits per heavy atom. The molecule has 0 fully saturated rings. The number of aryl methyl sites for hydroxylation is 1.